The number of hydrogen-bond acceptors (Lipinski definition) is 0. The van der Waals surface area contributed by atoms with E-state index in [9.17, 15) is 6.85 Å². The molecule has 2 heteroatoms. The van der Waals surface area contributed by atoms with Crippen LogP contribution in [0.5, 0.6) is 0 Å². The first kappa shape index (κ1) is 25.6. The molecule has 11 aromatic rings. The van der Waals surface area contributed by atoms with Gasteiger partial charge in [-0.15, -0.1) is 0 Å². The second-order valence-electron chi connectivity index (χ2n) is 14.0. The predicted molar refractivity (Wildman–Crippen MR) is 237 cm³/mol. The zero-order valence-corrected chi connectivity index (χ0v) is 30.1. The van der Waals surface area contributed by atoms with Crippen LogP contribution in [0.25, 0.3) is 99.5 Å². The molecule has 0 bridgehead atoms. The van der Waals surface area contributed by atoms with Crippen LogP contribution < -0.4 is 0 Å². The van der Waals surface area contributed by atoms with Crippen LogP contribution in [0.1, 0.15) is 9.60 Å². The average Bonchev–Trinajstić information content (AvgIpc) is 3.87. The Hall–Kier alpha value is -7.42. The molecule has 2 heterocycles. The molecule has 2 aromatic heterocycles. The van der Waals surface area contributed by atoms with Gasteiger partial charge in [-0.3, -0.25) is 0 Å². The maximum atomic E-state index is 10.00. The van der Waals surface area contributed by atoms with Crippen LogP contribution in [0, 0.1) is 0 Å². The average molecular weight is 720 g/mol. The lowest BCUT2D eigenvalue weighted by atomic mass is 9.98. The van der Waals surface area contributed by atoms with Crippen LogP contribution in [0.3, 0.4) is 0 Å². The van der Waals surface area contributed by atoms with Gasteiger partial charge in [-0.25, -0.2) is 0 Å². The minimum Gasteiger partial charge on any atom is -0.309 e. The molecule has 262 valence electrons. The molecular formula is C54H36N2. The van der Waals surface area contributed by atoms with Gasteiger partial charge in [0, 0.05) is 38.5 Å². The summed E-state index contributed by atoms with van der Waals surface area (Å²) in [4.78, 5) is 0. The second-order valence-corrected chi connectivity index (χ2v) is 14.0. The standard InChI is InChI=1S/C54H36N2/c1-5-16-37(17-6-1)42-32-43(38-18-7-2-8-19-38)34-45(33-42)55-51-27-14-13-24-47(51)49-35-40(28-30-52(49)55)41-29-31-53-50(36-41)48-26-15-25-46(39-20-9-3-10-21-39)54(48)56(53)44-22-11-4-12-23-44/h1-36H/i13D,14D,24D,27D,28D,30D,35D. The van der Waals surface area contributed by atoms with Gasteiger partial charge in [-0.1, -0.05) is 158 Å². The van der Waals surface area contributed by atoms with Crippen LogP contribution in [0.15, 0.2) is 218 Å². The van der Waals surface area contributed by atoms with E-state index in [0.29, 0.717) is 11.3 Å². The predicted octanol–water partition coefficient (Wildman–Crippen LogP) is 14.5. The lowest BCUT2D eigenvalue weighted by Gasteiger charge is -2.14. The van der Waals surface area contributed by atoms with Crippen molar-refractivity contribution in [1.29, 1.82) is 0 Å². The van der Waals surface area contributed by atoms with Gasteiger partial charge in [0.25, 0.3) is 0 Å². The van der Waals surface area contributed by atoms with Gasteiger partial charge in [0.05, 0.1) is 31.7 Å². The van der Waals surface area contributed by atoms with Crippen LogP contribution in [0.4, 0.5) is 0 Å². The zero-order valence-electron chi connectivity index (χ0n) is 37.1. The largest absolute Gasteiger partial charge is 0.309 e. The van der Waals surface area contributed by atoms with Crippen molar-refractivity contribution in [1.82, 2.24) is 9.13 Å². The maximum absolute atomic E-state index is 10.00. The van der Waals surface area contributed by atoms with E-state index in [1.54, 1.807) is 4.57 Å². The fraction of sp³-hybridized carbons (Fsp3) is 0. The highest BCUT2D eigenvalue weighted by Gasteiger charge is 2.19. The Bertz CT molecular complexity index is 3560. The Labute approximate surface area is 335 Å². The van der Waals surface area contributed by atoms with Gasteiger partial charge in [0.2, 0.25) is 0 Å². The molecule has 0 saturated carbocycles. The summed E-state index contributed by atoms with van der Waals surface area (Å²) in [6.07, 6.45) is 0. The molecule has 56 heavy (non-hydrogen) atoms. The minimum absolute atomic E-state index is 0.0848. The summed E-state index contributed by atoms with van der Waals surface area (Å²) in [5.74, 6) is 0. The normalized spacial score (nSPS) is 13.3. The maximum Gasteiger partial charge on any atom is 0.0645 e. The minimum atomic E-state index is -0.429. The van der Waals surface area contributed by atoms with Crippen molar-refractivity contribution in [2.75, 3.05) is 0 Å². The van der Waals surface area contributed by atoms with E-state index in [1.165, 1.54) is 0 Å². The van der Waals surface area contributed by atoms with Crippen molar-refractivity contribution in [3.8, 4) is 55.9 Å². The van der Waals surface area contributed by atoms with E-state index in [4.69, 9.17) is 2.74 Å². The molecule has 2 nitrogen and oxygen atoms in total. The van der Waals surface area contributed by atoms with Gasteiger partial charge < -0.3 is 9.13 Å². The van der Waals surface area contributed by atoms with Gasteiger partial charge in [0.1, 0.15) is 0 Å². The Balaban J connectivity index is 1.23. The molecule has 0 saturated heterocycles. The van der Waals surface area contributed by atoms with Crippen LogP contribution >= 0.6 is 0 Å². The number of aromatic nitrogens is 2. The Morgan fingerprint density at radius 2 is 0.946 bits per heavy atom. The van der Waals surface area contributed by atoms with Crippen molar-refractivity contribution in [2.45, 2.75) is 0 Å². The van der Waals surface area contributed by atoms with E-state index in [-0.39, 0.29) is 57.6 Å². The van der Waals surface area contributed by atoms with Gasteiger partial charge >= 0.3 is 0 Å². The molecule has 0 aliphatic rings. The summed E-state index contributed by atoms with van der Waals surface area (Å²) >= 11 is 0. The molecule has 0 aliphatic carbocycles. The van der Waals surface area contributed by atoms with Gasteiger partial charge in [-0.05, 0) is 99.5 Å². The SMILES string of the molecule is [2H]c1c([2H])c([2H])c2c(c1[2H])c1c([2H])c(-c3ccc4c(c3)c3cccc(-c5ccccc5)c3n4-c3ccccc3)c([2H])c([2H])c1n2-c1cc(-c2ccccc2)cc(-c2ccccc2)c1. The molecule has 9 aromatic carbocycles. The Morgan fingerprint density at radius 3 is 1.64 bits per heavy atom. The Kier molecular flexibility index (Phi) is 6.01. The van der Waals surface area contributed by atoms with Crippen molar-refractivity contribution in [3.63, 3.8) is 0 Å². The number of fused-ring (bicyclic) bond motifs is 6. The number of para-hydroxylation sites is 3. The van der Waals surface area contributed by atoms with Crippen LogP contribution in [-0.2, 0) is 0 Å². The third kappa shape index (κ3) is 5.26. The fourth-order valence-corrected chi connectivity index (χ4v) is 8.17. The lowest BCUT2D eigenvalue weighted by Crippen LogP contribution is -1.96. The lowest BCUT2D eigenvalue weighted by molar-refractivity contribution is 1.18. The molecule has 11 rings (SSSR count). The number of hydrogen-bond donors (Lipinski definition) is 0. The van der Waals surface area contributed by atoms with E-state index >= 15 is 0 Å². The third-order valence-corrected chi connectivity index (χ3v) is 10.7. The molecule has 0 aliphatic heterocycles. The zero-order chi connectivity index (χ0) is 43.1. The molecule has 0 radical (unpaired) electrons. The molecule has 0 amide bonds. The van der Waals surface area contributed by atoms with Crippen LogP contribution in [0.2, 0.25) is 0 Å². The summed E-state index contributed by atoms with van der Waals surface area (Å²) < 4.78 is 69.7. The molecule has 0 atom stereocenters. The van der Waals surface area contributed by atoms with Crippen molar-refractivity contribution in [3.05, 3.63) is 218 Å². The smallest absolute Gasteiger partial charge is 0.0645 e. The second kappa shape index (κ2) is 13.2. The summed E-state index contributed by atoms with van der Waals surface area (Å²) in [6.45, 7) is 0. The number of rotatable bonds is 6. The topological polar surface area (TPSA) is 9.86 Å². The van der Waals surface area contributed by atoms with Gasteiger partial charge in [-0.2, -0.15) is 0 Å². The van der Waals surface area contributed by atoms with E-state index < -0.39 is 12.1 Å². The van der Waals surface area contributed by atoms with Crippen molar-refractivity contribution < 1.29 is 9.60 Å². The highest BCUT2D eigenvalue weighted by atomic mass is 15.0. The highest BCUT2D eigenvalue weighted by Crippen LogP contribution is 2.41. The molecule has 0 fully saturated rings. The van der Waals surface area contributed by atoms with Crippen LogP contribution in [-0.4, -0.2) is 9.13 Å². The monoisotopic (exact) mass is 719 g/mol. The van der Waals surface area contributed by atoms with E-state index in [2.05, 4.69) is 47.0 Å². The fourth-order valence-electron chi connectivity index (χ4n) is 8.17. The number of nitrogens with zero attached hydrogens (tertiary/aromatic N) is 2. The third-order valence-electron chi connectivity index (χ3n) is 10.7. The summed E-state index contributed by atoms with van der Waals surface area (Å²) in [7, 11) is 0. The van der Waals surface area contributed by atoms with Crippen molar-refractivity contribution in [2.24, 2.45) is 0 Å². The summed E-state index contributed by atoms with van der Waals surface area (Å²) in [5, 5.41) is 2.22. The molecule has 0 spiro atoms. The molecule has 0 N–H and O–H groups in total. The number of benzene rings is 9. The van der Waals surface area contributed by atoms with E-state index in [0.717, 1.165) is 60.9 Å². The highest BCUT2D eigenvalue weighted by molar-refractivity contribution is 6.15. The molecule has 0 unspecified atom stereocenters. The Morgan fingerprint density at radius 1 is 0.321 bits per heavy atom. The summed E-state index contributed by atoms with van der Waals surface area (Å²) in [6, 6.07) is 56.5. The van der Waals surface area contributed by atoms with E-state index in [1.807, 2.05) is 133 Å². The van der Waals surface area contributed by atoms with Gasteiger partial charge in [0.15, 0.2) is 0 Å². The summed E-state index contributed by atoms with van der Waals surface area (Å²) in [5.41, 5.74) is 10.3. The van der Waals surface area contributed by atoms with Crippen molar-refractivity contribution >= 4 is 43.6 Å². The first-order chi connectivity index (χ1) is 30.7. The first-order valence-corrected chi connectivity index (χ1v) is 18.7. The quantitative estimate of drug-likeness (QED) is 0.162. The molecular weight excluding hydrogens is 677 g/mol. The first-order valence-electron chi connectivity index (χ1n) is 22.2.